The molecule has 0 amide bonds. The molecular weight excluding hydrogens is 242 g/mol. The fraction of sp³-hybridized carbons (Fsp3) is 0.533. The second-order valence-corrected chi connectivity index (χ2v) is 5.36. The van der Waals surface area contributed by atoms with Gasteiger partial charge in [-0.1, -0.05) is 30.3 Å². The highest BCUT2D eigenvalue weighted by Crippen LogP contribution is 2.26. The van der Waals surface area contributed by atoms with Crippen LogP contribution in [-0.4, -0.2) is 35.9 Å². The standard InChI is InChI=1S/C15H21NO3/c1-11-15(2,8-9-19-11)16-10-13(14(17)18)12-6-4-3-5-7-12/h3-7,11,13,16H,8-10H2,1-2H3,(H,17,18). The fourth-order valence-electron chi connectivity index (χ4n) is 2.44. The van der Waals surface area contributed by atoms with Crippen LogP contribution in [0.4, 0.5) is 0 Å². The van der Waals surface area contributed by atoms with Gasteiger partial charge in [-0.05, 0) is 25.8 Å². The predicted octanol–water partition coefficient (Wildman–Crippen LogP) is 2.01. The summed E-state index contributed by atoms with van der Waals surface area (Å²) in [6.45, 7) is 5.27. The zero-order valence-electron chi connectivity index (χ0n) is 11.4. The van der Waals surface area contributed by atoms with E-state index in [1.165, 1.54) is 0 Å². The maximum Gasteiger partial charge on any atom is 0.312 e. The molecule has 3 atom stereocenters. The Hall–Kier alpha value is -1.39. The number of benzene rings is 1. The van der Waals surface area contributed by atoms with E-state index in [-0.39, 0.29) is 11.6 Å². The predicted molar refractivity (Wildman–Crippen MR) is 73.3 cm³/mol. The van der Waals surface area contributed by atoms with E-state index in [1.807, 2.05) is 37.3 Å². The molecule has 19 heavy (non-hydrogen) atoms. The molecule has 4 nitrogen and oxygen atoms in total. The summed E-state index contributed by atoms with van der Waals surface area (Å²) in [5.74, 6) is -1.32. The number of aliphatic carboxylic acids is 1. The van der Waals surface area contributed by atoms with E-state index in [9.17, 15) is 9.90 Å². The molecule has 1 aliphatic heterocycles. The van der Waals surface area contributed by atoms with E-state index < -0.39 is 11.9 Å². The summed E-state index contributed by atoms with van der Waals surface area (Å²) in [5, 5.41) is 12.8. The first-order valence-corrected chi connectivity index (χ1v) is 6.67. The van der Waals surface area contributed by atoms with Crippen molar-refractivity contribution in [1.29, 1.82) is 0 Å². The summed E-state index contributed by atoms with van der Waals surface area (Å²) < 4.78 is 5.56. The fourth-order valence-corrected chi connectivity index (χ4v) is 2.44. The molecule has 3 unspecified atom stereocenters. The lowest BCUT2D eigenvalue weighted by Gasteiger charge is -2.30. The Morgan fingerprint density at radius 1 is 1.53 bits per heavy atom. The molecule has 2 N–H and O–H groups in total. The van der Waals surface area contributed by atoms with Gasteiger partial charge >= 0.3 is 5.97 Å². The molecule has 1 aromatic carbocycles. The number of hydrogen-bond donors (Lipinski definition) is 2. The zero-order chi connectivity index (χ0) is 13.9. The molecule has 1 heterocycles. The molecular formula is C15H21NO3. The van der Waals surface area contributed by atoms with Crippen LogP contribution in [0.25, 0.3) is 0 Å². The van der Waals surface area contributed by atoms with Crippen LogP contribution in [0.1, 0.15) is 31.7 Å². The van der Waals surface area contributed by atoms with Crippen LogP contribution in [-0.2, 0) is 9.53 Å². The molecule has 0 spiro atoms. The van der Waals surface area contributed by atoms with Gasteiger partial charge in [0.25, 0.3) is 0 Å². The van der Waals surface area contributed by atoms with Crippen molar-refractivity contribution < 1.29 is 14.6 Å². The summed E-state index contributed by atoms with van der Waals surface area (Å²) in [6, 6.07) is 9.35. The van der Waals surface area contributed by atoms with Gasteiger partial charge in [-0.25, -0.2) is 0 Å². The van der Waals surface area contributed by atoms with Crippen LogP contribution in [0.3, 0.4) is 0 Å². The lowest BCUT2D eigenvalue weighted by atomic mass is 9.92. The second kappa shape index (κ2) is 5.72. The first-order chi connectivity index (χ1) is 9.03. The number of carbonyl (C=O) groups is 1. The first kappa shape index (κ1) is 14.0. The quantitative estimate of drug-likeness (QED) is 0.853. The molecule has 0 saturated carbocycles. The Morgan fingerprint density at radius 2 is 2.21 bits per heavy atom. The summed E-state index contributed by atoms with van der Waals surface area (Å²) in [7, 11) is 0. The number of ether oxygens (including phenoxy) is 1. The van der Waals surface area contributed by atoms with Gasteiger partial charge in [-0.2, -0.15) is 0 Å². The van der Waals surface area contributed by atoms with Crippen molar-refractivity contribution in [2.24, 2.45) is 0 Å². The van der Waals surface area contributed by atoms with Gasteiger partial charge in [-0.3, -0.25) is 4.79 Å². The van der Waals surface area contributed by atoms with Crippen LogP contribution in [0.2, 0.25) is 0 Å². The van der Waals surface area contributed by atoms with Crippen molar-refractivity contribution in [2.45, 2.75) is 37.8 Å². The van der Waals surface area contributed by atoms with E-state index in [0.717, 1.165) is 18.6 Å². The SMILES string of the molecule is CC1OCCC1(C)NCC(C(=O)O)c1ccccc1. The van der Waals surface area contributed by atoms with Crippen LogP contribution < -0.4 is 5.32 Å². The monoisotopic (exact) mass is 263 g/mol. The van der Waals surface area contributed by atoms with E-state index in [2.05, 4.69) is 12.2 Å². The van der Waals surface area contributed by atoms with Crippen LogP contribution in [0, 0.1) is 0 Å². The maximum atomic E-state index is 11.4. The van der Waals surface area contributed by atoms with Gasteiger partial charge < -0.3 is 15.2 Å². The van der Waals surface area contributed by atoms with Gasteiger partial charge in [0, 0.05) is 18.7 Å². The number of hydrogen-bond acceptors (Lipinski definition) is 3. The minimum absolute atomic E-state index is 0.109. The Balaban J connectivity index is 2.04. The average molecular weight is 263 g/mol. The van der Waals surface area contributed by atoms with Gasteiger partial charge in [0.15, 0.2) is 0 Å². The summed E-state index contributed by atoms with van der Waals surface area (Å²) in [5.41, 5.74) is 0.695. The zero-order valence-corrected chi connectivity index (χ0v) is 11.4. The molecule has 0 bridgehead atoms. The normalized spacial score (nSPS) is 28.2. The molecule has 0 aliphatic carbocycles. The Kier molecular flexibility index (Phi) is 4.22. The second-order valence-electron chi connectivity index (χ2n) is 5.36. The van der Waals surface area contributed by atoms with E-state index >= 15 is 0 Å². The smallest absolute Gasteiger partial charge is 0.312 e. The Labute approximate surface area is 113 Å². The molecule has 1 fully saturated rings. The van der Waals surface area contributed by atoms with Crippen LogP contribution in [0.5, 0.6) is 0 Å². The van der Waals surface area contributed by atoms with Gasteiger partial charge in [-0.15, -0.1) is 0 Å². The summed E-state index contributed by atoms with van der Waals surface area (Å²) in [4.78, 5) is 11.4. The van der Waals surface area contributed by atoms with Crippen LogP contribution in [0.15, 0.2) is 30.3 Å². The number of carboxylic acid groups (broad SMARTS) is 1. The highest BCUT2D eigenvalue weighted by Gasteiger charge is 2.37. The largest absolute Gasteiger partial charge is 0.481 e. The number of carboxylic acids is 1. The lowest BCUT2D eigenvalue weighted by Crippen LogP contribution is -2.49. The van der Waals surface area contributed by atoms with Gasteiger partial charge in [0.2, 0.25) is 0 Å². The number of nitrogens with one attached hydrogen (secondary N) is 1. The Morgan fingerprint density at radius 3 is 2.74 bits per heavy atom. The minimum atomic E-state index is -0.797. The molecule has 104 valence electrons. The molecule has 1 aliphatic rings. The first-order valence-electron chi connectivity index (χ1n) is 6.67. The maximum absolute atomic E-state index is 11.4. The van der Waals surface area contributed by atoms with Crippen LogP contribution >= 0.6 is 0 Å². The molecule has 4 heteroatoms. The van der Waals surface area contributed by atoms with Crippen molar-refractivity contribution in [3.05, 3.63) is 35.9 Å². The third-order valence-corrected chi connectivity index (χ3v) is 4.10. The average Bonchev–Trinajstić information content (AvgIpc) is 2.71. The van der Waals surface area contributed by atoms with Gasteiger partial charge in [0.1, 0.15) is 0 Å². The molecule has 2 rings (SSSR count). The molecule has 1 aromatic rings. The highest BCUT2D eigenvalue weighted by molar-refractivity contribution is 5.76. The van der Waals surface area contributed by atoms with E-state index in [1.54, 1.807) is 0 Å². The van der Waals surface area contributed by atoms with Crippen molar-refractivity contribution in [2.75, 3.05) is 13.2 Å². The van der Waals surface area contributed by atoms with Crippen molar-refractivity contribution in [1.82, 2.24) is 5.32 Å². The number of rotatable bonds is 5. The lowest BCUT2D eigenvalue weighted by molar-refractivity contribution is -0.138. The van der Waals surface area contributed by atoms with E-state index in [0.29, 0.717) is 6.54 Å². The Bertz CT molecular complexity index is 434. The third kappa shape index (κ3) is 3.14. The van der Waals surface area contributed by atoms with Crippen molar-refractivity contribution in [3.63, 3.8) is 0 Å². The molecule has 0 radical (unpaired) electrons. The van der Waals surface area contributed by atoms with Crippen molar-refractivity contribution in [3.8, 4) is 0 Å². The summed E-state index contributed by atoms with van der Waals surface area (Å²) >= 11 is 0. The highest BCUT2D eigenvalue weighted by atomic mass is 16.5. The van der Waals surface area contributed by atoms with E-state index in [4.69, 9.17) is 4.74 Å². The topological polar surface area (TPSA) is 58.6 Å². The molecule has 1 saturated heterocycles. The minimum Gasteiger partial charge on any atom is -0.481 e. The summed E-state index contributed by atoms with van der Waals surface area (Å²) in [6.07, 6.45) is 1.02. The molecule has 0 aromatic heterocycles. The van der Waals surface area contributed by atoms with Crippen molar-refractivity contribution >= 4 is 5.97 Å². The van der Waals surface area contributed by atoms with Gasteiger partial charge in [0.05, 0.1) is 12.0 Å². The third-order valence-electron chi connectivity index (χ3n) is 4.10.